The standard InChI is InChI=1S/C18H22N4O2/c1-3-17-16(13-19-22(17)15-7-5-4-6-8-15)18(24)21-11-9-20(10-12-21)14(2)23/h4-8,13H,3,9-12H2,1-2H3. The first-order chi connectivity index (χ1) is 11.6. The van der Waals surface area contributed by atoms with Crippen LogP contribution in [0.1, 0.15) is 29.9 Å². The van der Waals surface area contributed by atoms with Crippen LogP contribution in [-0.4, -0.2) is 57.6 Å². The van der Waals surface area contributed by atoms with Crippen molar-refractivity contribution in [2.24, 2.45) is 0 Å². The number of nitrogens with zero attached hydrogens (tertiary/aromatic N) is 4. The van der Waals surface area contributed by atoms with Crippen LogP contribution in [0.5, 0.6) is 0 Å². The fourth-order valence-electron chi connectivity index (χ4n) is 3.08. The minimum atomic E-state index is -0.00256. The third kappa shape index (κ3) is 3.04. The second kappa shape index (κ2) is 6.86. The molecule has 0 spiro atoms. The predicted octanol–water partition coefficient (Wildman–Crippen LogP) is 1.74. The van der Waals surface area contributed by atoms with Crippen molar-refractivity contribution in [3.63, 3.8) is 0 Å². The lowest BCUT2D eigenvalue weighted by Gasteiger charge is -2.34. The molecule has 2 aromatic rings. The summed E-state index contributed by atoms with van der Waals surface area (Å²) < 4.78 is 1.83. The van der Waals surface area contributed by atoms with Crippen molar-refractivity contribution in [3.05, 3.63) is 47.8 Å². The highest BCUT2D eigenvalue weighted by Gasteiger charge is 2.26. The first-order valence-electron chi connectivity index (χ1n) is 8.29. The summed E-state index contributed by atoms with van der Waals surface area (Å²) in [5.74, 6) is 0.0606. The Balaban J connectivity index is 1.81. The largest absolute Gasteiger partial charge is 0.339 e. The number of hydrogen-bond acceptors (Lipinski definition) is 3. The van der Waals surface area contributed by atoms with Gasteiger partial charge in [-0.15, -0.1) is 0 Å². The number of benzene rings is 1. The minimum Gasteiger partial charge on any atom is -0.339 e. The maximum Gasteiger partial charge on any atom is 0.257 e. The Labute approximate surface area is 141 Å². The maximum absolute atomic E-state index is 12.9. The van der Waals surface area contributed by atoms with E-state index < -0.39 is 0 Å². The Bertz CT molecular complexity index is 731. The molecule has 1 aromatic carbocycles. The number of rotatable bonds is 3. The van der Waals surface area contributed by atoms with Gasteiger partial charge < -0.3 is 9.80 Å². The predicted molar refractivity (Wildman–Crippen MR) is 91.1 cm³/mol. The van der Waals surface area contributed by atoms with Gasteiger partial charge in [0.1, 0.15) is 0 Å². The van der Waals surface area contributed by atoms with E-state index in [1.807, 2.05) is 46.8 Å². The number of aromatic nitrogens is 2. The molecular weight excluding hydrogens is 304 g/mol. The smallest absolute Gasteiger partial charge is 0.257 e. The number of piperazine rings is 1. The van der Waals surface area contributed by atoms with Gasteiger partial charge in [-0.05, 0) is 18.6 Å². The zero-order valence-electron chi connectivity index (χ0n) is 14.1. The summed E-state index contributed by atoms with van der Waals surface area (Å²) >= 11 is 0. The van der Waals surface area contributed by atoms with Crippen molar-refractivity contribution < 1.29 is 9.59 Å². The van der Waals surface area contributed by atoms with Crippen molar-refractivity contribution in [1.29, 1.82) is 0 Å². The molecule has 24 heavy (non-hydrogen) atoms. The molecule has 0 unspecified atom stereocenters. The van der Waals surface area contributed by atoms with Crippen LogP contribution in [0, 0.1) is 0 Å². The van der Waals surface area contributed by atoms with Crippen molar-refractivity contribution >= 4 is 11.8 Å². The third-order valence-corrected chi connectivity index (χ3v) is 4.45. The van der Waals surface area contributed by atoms with E-state index in [-0.39, 0.29) is 11.8 Å². The van der Waals surface area contributed by atoms with Gasteiger partial charge in [0.15, 0.2) is 0 Å². The molecule has 6 nitrogen and oxygen atoms in total. The highest BCUT2D eigenvalue weighted by molar-refractivity contribution is 5.95. The Hall–Kier alpha value is -2.63. The molecule has 1 saturated heterocycles. The van der Waals surface area contributed by atoms with Crippen molar-refractivity contribution in [2.45, 2.75) is 20.3 Å². The summed E-state index contributed by atoms with van der Waals surface area (Å²) in [6, 6.07) is 9.83. The van der Waals surface area contributed by atoms with Crippen LogP contribution < -0.4 is 0 Å². The third-order valence-electron chi connectivity index (χ3n) is 4.45. The van der Waals surface area contributed by atoms with E-state index in [1.165, 1.54) is 0 Å². The first kappa shape index (κ1) is 16.2. The lowest BCUT2D eigenvalue weighted by Crippen LogP contribution is -2.50. The van der Waals surface area contributed by atoms with Crippen LogP contribution >= 0.6 is 0 Å². The zero-order chi connectivity index (χ0) is 17.1. The lowest BCUT2D eigenvalue weighted by molar-refractivity contribution is -0.130. The molecule has 0 radical (unpaired) electrons. The van der Waals surface area contributed by atoms with Crippen molar-refractivity contribution in [3.8, 4) is 5.69 Å². The van der Waals surface area contributed by atoms with Crippen LogP contribution in [0.15, 0.2) is 36.5 Å². The lowest BCUT2D eigenvalue weighted by atomic mass is 10.1. The summed E-state index contributed by atoms with van der Waals surface area (Å²) in [6.45, 7) is 5.92. The molecular formula is C18H22N4O2. The zero-order valence-corrected chi connectivity index (χ0v) is 14.1. The van der Waals surface area contributed by atoms with Gasteiger partial charge in [-0.1, -0.05) is 25.1 Å². The molecule has 1 aliphatic heterocycles. The summed E-state index contributed by atoms with van der Waals surface area (Å²) in [5, 5.41) is 4.42. The van der Waals surface area contributed by atoms with Gasteiger partial charge in [0.05, 0.1) is 23.1 Å². The molecule has 126 valence electrons. The maximum atomic E-state index is 12.9. The Kier molecular flexibility index (Phi) is 4.64. The molecule has 0 atom stereocenters. The van der Waals surface area contributed by atoms with Gasteiger partial charge in [-0.25, -0.2) is 4.68 Å². The SMILES string of the molecule is CCc1c(C(=O)N2CCN(C(C)=O)CC2)cnn1-c1ccccc1. The van der Waals surface area contributed by atoms with Crippen LogP contribution in [0.2, 0.25) is 0 Å². The highest BCUT2D eigenvalue weighted by Crippen LogP contribution is 2.18. The topological polar surface area (TPSA) is 58.4 Å². The van der Waals surface area contributed by atoms with Crippen LogP contribution in [0.25, 0.3) is 5.69 Å². The Morgan fingerprint density at radius 3 is 2.25 bits per heavy atom. The molecule has 6 heteroatoms. The quantitative estimate of drug-likeness (QED) is 0.863. The average molecular weight is 326 g/mol. The minimum absolute atomic E-state index is 0.00256. The molecule has 2 amide bonds. The van der Waals surface area contributed by atoms with Crippen LogP contribution in [0.4, 0.5) is 0 Å². The van der Waals surface area contributed by atoms with Gasteiger partial charge >= 0.3 is 0 Å². The monoisotopic (exact) mass is 326 g/mol. The van der Waals surface area contributed by atoms with Gasteiger partial charge in [-0.2, -0.15) is 5.10 Å². The Morgan fingerprint density at radius 1 is 1.04 bits per heavy atom. The molecule has 1 aliphatic rings. The molecule has 0 N–H and O–H groups in total. The summed E-state index contributed by atoms with van der Waals surface area (Å²) in [4.78, 5) is 27.9. The van der Waals surface area contributed by atoms with Crippen molar-refractivity contribution in [2.75, 3.05) is 26.2 Å². The molecule has 1 fully saturated rings. The fourth-order valence-corrected chi connectivity index (χ4v) is 3.08. The van der Waals surface area contributed by atoms with Gasteiger partial charge in [0.2, 0.25) is 5.91 Å². The van der Waals surface area contributed by atoms with E-state index in [2.05, 4.69) is 5.10 Å². The number of hydrogen-bond donors (Lipinski definition) is 0. The van der Waals surface area contributed by atoms with Crippen LogP contribution in [0.3, 0.4) is 0 Å². The summed E-state index contributed by atoms with van der Waals surface area (Å²) in [5.41, 5.74) is 2.52. The fraction of sp³-hybridized carbons (Fsp3) is 0.389. The molecule has 0 bridgehead atoms. The number of carbonyl (C=O) groups is 2. The van der Waals surface area contributed by atoms with Gasteiger partial charge in [0.25, 0.3) is 5.91 Å². The second-order valence-electron chi connectivity index (χ2n) is 5.90. The van der Waals surface area contributed by atoms with E-state index >= 15 is 0 Å². The molecule has 1 aromatic heterocycles. The van der Waals surface area contributed by atoms with Crippen molar-refractivity contribution in [1.82, 2.24) is 19.6 Å². The van der Waals surface area contributed by atoms with Gasteiger partial charge in [-0.3, -0.25) is 9.59 Å². The van der Waals surface area contributed by atoms with E-state index in [0.717, 1.165) is 17.8 Å². The number of carbonyl (C=O) groups excluding carboxylic acids is 2. The first-order valence-corrected chi connectivity index (χ1v) is 8.29. The van der Waals surface area contributed by atoms with Gasteiger partial charge in [0, 0.05) is 33.1 Å². The van der Waals surface area contributed by atoms with E-state index in [1.54, 1.807) is 18.0 Å². The number of amides is 2. The summed E-state index contributed by atoms with van der Waals surface area (Å²) in [6.07, 6.45) is 2.38. The second-order valence-corrected chi connectivity index (χ2v) is 5.90. The molecule has 0 saturated carbocycles. The summed E-state index contributed by atoms with van der Waals surface area (Å²) in [7, 11) is 0. The van der Waals surface area contributed by atoms with E-state index in [9.17, 15) is 9.59 Å². The normalized spacial score (nSPS) is 14.8. The molecule has 2 heterocycles. The average Bonchev–Trinajstić information content (AvgIpc) is 3.06. The van der Waals surface area contributed by atoms with Crippen LogP contribution in [-0.2, 0) is 11.2 Å². The highest BCUT2D eigenvalue weighted by atomic mass is 16.2. The van der Waals surface area contributed by atoms with E-state index in [4.69, 9.17) is 0 Å². The van der Waals surface area contributed by atoms with E-state index in [0.29, 0.717) is 31.7 Å². The molecule has 3 rings (SSSR count). The Morgan fingerprint density at radius 2 is 1.67 bits per heavy atom. The number of para-hydroxylation sites is 1. The molecule has 0 aliphatic carbocycles.